The third-order valence-corrected chi connectivity index (χ3v) is 3.98. The molecule has 4 N–H and O–H groups in total. The van der Waals surface area contributed by atoms with Gasteiger partial charge >= 0.3 is 6.36 Å². The number of nitrogens with two attached hydrogens (primary N) is 1. The number of aliphatic imine (C=N–C) groups is 1. The van der Waals surface area contributed by atoms with E-state index in [0.717, 1.165) is 17.7 Å². The molecule has 0 spiro atoms. The van der Waals surface area contributed by atoms with Gasteiger partial charge in [0.05, 0.1) is 19.4 Å². The molecule has 0 saturated heterocycles. The predicted molar refractivity (Wildman–Crippen MR) is 124 cm³/mol. The van der Waals surface area contributed by atoms with E-state index in [1.807, 2.05) is 0 Å². The van der Waals surface area contributed by atoms with Crippen molar-refractivity contribution < 1.29 is 27.1 Å². The van der Waals surface area contributed by atoms with Crippen LogP contribution in [0.15, 0.2) is 76.3 Å². The zero-order valence-corrected chi connectivity index (χ0v) is 18.9. The highest BCUT2D eigenvalue weighted by Crippen LogP contribution is 2.23. The molecule has 0 saturated carbocycles. The molecular formula is C21H20F3IN4O3. The molecule has 0 bridgehead atoms. The van der Waals surface area contributed by atoms with E-state index in [9.17, 15) is 18.0 Å². The van der Waals surface area contributed by atoms with Gasteiger partial charge < -0.3 is 25.5 Å². The van der Waals surface area contributed by atoms with Gasteiger partial charge in [-0.3, -0.25) is 4.79 Å². The third kappa shape index (κ3) is 8.13. The van der Waals surface area contributed by atoms with E-state index in [-0.39, 0.29) is 54.7 Å². The summed E-state index contributed by atoms with van der Waals surface area (Å²) in [6, 6.07) is 15.5. The predicted octanol–water partition coefficient (Wildman–Crippen LogP) is 4.65. The van der Waals surface area contributed by atoms with Crippen LogP contribution in [0.2, 0.25) is 0 Å². The van der Waals surface area contributed by atoms with Crippen molar-refractivity contribution in [1.82, 2.24) is 5.32 Å². The van der Waals surface area contributed by atoms with Crippen LogP contribution in [0.3, 0.4) is 0 Å². The van der Waals surface area contributed by atoms with Gasteiger partial charge in [-0.15, -0.1) is 37.1 Å². The van der Waals surface area contributed by atoms with E-state index in [4.69, 9.17) is 10.2 Å². The van der Waals surface area contributed by atoms with Gasteiger partial charge in [0, 0.05) is 11.3 Å². The van der Waals surface area contributed by atoms with Gasteiger partial charge in [0.15, 0.2) is 5.96 Å². The number of amides is 1. The Kier molecular flexibility index (Phi) is 8.93. The smallest absolute Gasteiger partial charge is 0.467 e. The number of benzene rings is 2. The molecule has 0 aliphatic rings. The van der Waals surface area contributed by atoms with Crippen LogP contribution < -0.4 is 21.1 Å². The molecule has 3 rings (SSSR count). The number of halogens is 4. The minimum Gasteiger partial charge on any atom is -0.467 e. The Morgan fingerprint density at radius 1 is 1.09 bits per heavy atom. The van der Waals surface area contributed by atoms with E-state index in [2.05, 4.69) is 20.4 Å². The number of carbonyl (C=O) groups is 1. The van der Waals surface area contributed by atoms with Crippen molar-refractivity contribution in [1.29, 1.82) is 0 Å². The first-order valence-corrected chi connectivity index (χ1v) is 9.11. The van der Waals surface area contributed by atoms with Crippen LogP contribution in [0.25, 0.3) is 0 Å². The minimum atomic E-state index is -4.75. The Morgan fingerprint density at radius 2 is 1.84 bits per heavy atom. The molecule has 0 unspecified atom stereocenters. The van der Waals surface area contributed by atoms with Crippen molar-refractivity contribution in [2.24, 2.45) is 10.7 Å². The zero-order valence-electron chi connectivity index (χ0n) is 16.6. The van der Waals surface area contributed by atoms with Gasteiger partial charge in [-0.25, -0.2) is 4.99 Å². The van der Waals surface area contributed by atoms with Crippen molar-refractivity contribution in [2.75, 3.05) is 5.32 Å². The van der Waals surface area contributed by atoms with E-state index in [0.29, 0.717) is 17.0 Å². The number of furan rings is 1. The maximum atomic E-state index is 12.3. The van der Waals surface area contributed by atoms with Crippen LogP contribution in [-0.4, -0.2) is 18.2 Å². The number of rotatable bonds is 7. The van der Waals surface area contributed by atoms with Gasteiger partial charge in [0.2, 0.25) is 0 Å². The number of nitrogens with one attached hydrogen (secondary N) is 2. The Labute approximate surface area is 198 Å². The van der Waals surface area contributed by atoms with E-state index < -0.39 is 6.36 Å². The van der Waals surface area contributed by atoms with Crippen LogP contribution in [0.5, 0.6) is 5.75 Å². The molecule has 7 nitrogen and oxygen atoms in total. The van der Waals surface area contributed by atoms with Gasteiger partial charge in [0.25, 0.3) is 5.91 Å². The average molecular weight is 560 g/mol. The van der Waals surface area contributed by atoms with Gasteiger partial charge in [-0.2, -0.15) is 0 Å². The summed E-state index contributed by atoms with van der Waals surface area (Å²) >= 11 is 0. The van der Waals surface area contributed by atoms with Crippen LogP contribution in [0.4, 0.5) is 18.9 Å². The highest BCUT2D eigenvalue weighted by atomic mass is 127. The summed E-state index contributed by atoms with van der Waals surface area (Å²) in [6.45, 7) is 0.477. The fourth-order valence-electron chi connectivity index (χ4n) is 2.60. The molecule has 1 amide bonds. The maximum absolute atomic E-state index is 12.3. The van der Waals surface area contributed by atoms with Crippen LogP contribution >= 0.6 is 24.0 Å². The van der Waals surface area contributed by atoms with Gasteiger partial charge in [-0.05, 0) is 54.1 Å². The van der Waals surface area contributed by atoms with Crippen molar-refractivity contribution in [3.05, 3.63) is 83.8 Å². The highest BCUT2D eigenvalue weighted by Gasteiger charge is 2.30. The van der Waals surface area contributed by atoms with Crippen LogP contribution in [-0.2, 0) is 13.1 Å². The van der Waals surface area contributed by atoms with Gasteiger partial charge in [-0.1, -0.05) is 12.1 Å². The number of carbonyl (C=O) groups excluding carboxylic acids is 1. The summed E-state index contributed by atoms with van der Waals surface area (Å²) < 4.78 is 45.6. The lowest BCUT2D eigenvalue weighted by molar-refractivity contribution is -0.274. The fourth-order valence-corrected chi connectivity index (χ4v) is 2.60. The molecule has 11 heteroatoms. The second-order valence-corrected chi connectivity index (χ2v) is 6.36. The standard InChI is InChI=1S/C21H19F3N4O3.HI/c22-21(23,24)31-17-8-6-16(7-9-17)28-20(25)27-12-14-3-1-4-15(11-14)19(29)26-13-18-5-2-10-30-18;/h1-11H,12-13H2,(H,26,29)(H3,25,27,28);1H. The van der Waals surface area contributed by atoms with Crippen molar-refractivity contribution >= 4 is 41.5 Å². The topological polar surface area (TPSA) is 102 Å². The normalized spacial score (nSPS) is 11.4. The maximum Gasteiger partial charge on any atom is 0.573 e. The Morgan fingerprint density at radius 3 is 2.50 bits per heavy atom. The summed E-state index contributed by atoms with van der Waals surface area (Å²) in [5, 5.41) is 5.54. The zero-order chi connectivity index (χ0) is 22.3. The van der Waals surface area contributed by atoms with E-state index in [1.54, 1.807) is 36.4 Å². The molecule has 0 radical (unpaired) electrons. The molecule has 1 aromatic heterocycles. The Hall–Kier alpha value is -3.22. The van der Waals surface area contributed by atoms with Crippen molar-refractivity contribution in [3.8, 4) is 5.75 Å². The molecule has 0 aliphatic heterocycles. The van der Waals surface area contributed by atoms with Crippen LogP contribution in [0, 0.1) is 0 Å². The summed E-state index contributed by atoms with van der Waals surface area (Å²) in [6.07, 6.45) is -3.22. The monoisotopic (exact) mass is 560 g/mol. The first-order chi connectivity index (χ1) is 14.8. The first-order valence-electron chi connectivity index (χ1n) is 9.11. The first kappa shape index (κ1) is 25.0. The van der Waals surface area contributed by atoms with E-state index >= 15 is 0 Å². The molecule has 32 heavy (non-hydrogen) atoms. The molecule has 0 fully saturated rings. The third-order valence-electron chi connectivity index (χ3n) is 3.98. The Bertz CT molecular complexity index is 1040. The highest BCUT2D eigenvalue weighted by molar-refractivity contribution is 14.0. The van der Waals surface area contributed by atoms with Crippen molar-refractivity contribution in [2.45, 2.75) is 19.5 Å². The molecule has 1 heterocycles. The summed E-state index contributed by atoms with van der Waals surface area (Å²) in [4.78, 5) is 16.5. The number of nitrogens with zero attached hydrogens (tertiary/aromatic N) is 1. The largest absolute Gasteiger partial charge is 0.573 e. The molecule has 170 valence electrons. The lowest BCUT2D eigenvalue weighted by atomic mass is 10.1. The molecule has 2 aromatic carbocycles. The summed E-state index contributed by atoms with van der Waals surface area (Å²) in [5.41, 5.74) is 7.50. The molecule has 0 atom stereocenters. The van der Waals surface area contributed by atoms with Gasteiger partial charge in [0.1, 0.15) is 11.5 Å². The van der Waals surface area contributed by atoms with Crippen molar-refractivity contribution in [3.63, 3.8) is 0 Å². The SMILES string of the molecule is I.NC(=NCc1cccc(C(=O)NCc2ccco2)c1)Nc1ccc(OC(F)(F)F)cc1. The van der Waals surface area contributed by atoms with E-state index in [1.165, 1.54) is 18.4 Å². The minimum absolute atomic E-state index is 0. The molecular weight excluding hydrogens is 540 g/mol. The fraction of sp³-hybridized carbons (Fsp3) is 0.143. The molecule has 0 aliphatic carbocycles. The lowest BCUT2D eigenvalue weighted by Gasteiger charge is -2.10. The number of guanidine groups is 1. The number of hydrogen-bond donors (Lipinski definition) is 3. The molecule has 3 aromatic rings. The lowest BCUT2D eigenvalue weighted by Crippen LogP contribution is -2.23. The number of ether oxygens (including phenoxy) is 1. The number of alkyl halides is 3. The second-order valence-electron chi connectivity index (χ2n) is 6.36. The quantitative estimate of drug-likeness (QED) is 0.222. The number of anilines is 1. The second kappa shape index (κ2) is 11.4. The Balaban J connectivity index is 0.00000363. The summed E-state index contributed by atoms with van der Waals surface area (Å²) in [7, 11) is 0. The van der Waals surface area contributed by atoms with Crippen LogP contribution in [0.1, 0.15) is 21.7 Å². The average Bonchev–Trinajstić information content (AvgIpc) is 3.25. The summed E-state index contributed by atoms with van der Waals surface area (Å²) in [5.74, 6) is 0.119. The number of hydrogen-bond acceptors (Lipinski definition) is 4.